The third kappa shape index (κ3) is 4.68. The Morgan fingerprint density at radius 1 is 1.26 bits per heavy atom. The van der Waals surface area contributed by atoms with E-state index in [1.165, 1.54) is 13.2 Å². The normalized spacial score (nSPS) is 19.1. The van der Waals surface area contributed by atoms with Gasteiger partial charge in [0.25, 0.3) is 0 Å². The summed E-state index contributed by atoms with van der Waals surface area (Å²) in [7, 11) is 1.45. The number of piperidine rings is 1. The second-order valence-corrected chi connectivity index (χ2v) is 6.65. The van der Waals surface area contributed by atoms with Crippen molar-refractivity contribution in [3.8, 4) is 5.75 Å². The summed E-state index contributed by atoms with van der Waals surface area (Å²) >= 11 is 5.83. The first-order valence-electron chi connectivity index (χ1n) is 8.39. The molecule has 1 saturated heterocycles. The van der Waals surface area contributed by atoms with Crippen LogP contribution in [0.25, 0.3) is 0 Å². The number of amides is 3. The molecule has 0 aromatic heterocycles. The van der Waals surface area contributed by atoms with E-state index in [1.807, 2.05) is 0 Å². The third-order valence-electron chi connectivity index (χ3n) is 4.44. The van der Waals surface area contributed by atoms with Gasteiger partial charge < -0.3 is 20.7 Å². The number of halogens is 2. The number of methoxy groups -OCH3 is 1. The lowest BCUT2D eigenvalue weighted by Crippen LogP contribution is -2.53. The number of urea groups is 1. The Morgan fingerprint density at radius 3 is 2.67 bits per heavy atom. The minimum atomic E-state index is -0.486. The predicted molar refractivity (Wildman–Crippen MR) is 101 cm³/mol. The molecule has 2 aromatic carbocycles. The van der Waals surface area contributed by atoms with Crippen molar-refractivity contribution in [2.45, 2.75) is 18.4 Å². The molecule has 3 N–H and O–H groups in total. The molecule has 0 radical (unpaired) electrons. The maximum absolute atomic E-state index is 14.5. The van der Waals surface area contributed by atoms with Crippen LogP contribution in [0.2, 0.25) is 5.02 Å². The number of ether oxygens (including phenoxy) is 1. The lowest BCUT2D eigenvalue weighted by Gasteiger charge is -2.32. The van der Waals surface area contributed by atoms with Gasteiger partial charge in [0.15, 0.2) is 0 Å². The fraction of sp³-hybridized carbons (Fsp3) is 0.263. The van der Waals surface area contributed by atoms with Crippen molar-refractivity contribution in [3.63, 3.8) is 0 Å². The van der Waals surface area contributed by atoms with Crippen molar-refractivity contribution in [3.05, 3.63) is 58.9 Å². The Bertz CT molecular complexity index is 845. The Morgan fingerprint density at radius 2 is 2.00 bits per heavy atom. The summed E-state index contributed by atoms with van der Waals surface area (Å²) < 4.78 is 19.5. The SMILES string of the molecule is COc1ccc(C2CC(=O)NCC2NC(=O)Nc2ccc(Cl)cc2)c(F)c1. The average Bonchev–Trinajstić information content (AvgIpc) is 2.65. The quantitative estimate of drug-likeness (QED) is 0.748. The largest absolute Gasteiger partial charge is 0.497 e. The highest BCUT2D eigenvalue weighted by molar-refractivity contribution is 6.30. The van der Waals surface area contributed by atoms with Crippen molar-refractivity contribution < 1.29 is 18.7 Å². The standard InChI is InChI=1S/C19H19ClFN3O3/c1-27-13-6-7-14(16(21)8-13)15-9-18(25)22-10-17(15)24-19(26)23-12-4-2-11(20)3-5-12/h2-8,15,17H,9-10H2,1H3,(H,22,25)(H2,23,24,26). The van der Waals surface area contributed by atoms with Crippen LogP contribution in [0.1, 0.15) is 17.9 Å². The maximum Gasteiger partial charge on any atom is 0.319 e. The molecule has 2 atom stereocenters. The molecule has 0 aliphatic carbocycles. The van der Waals surface area contributed by atoms with E-state index in [9.17, 15) is 14.0 Å². The number of carbonyl (C=O) groups is 2. The minimum Gasteiger partial charge on any atom is -0.497 e. The van der Waals surface area contributed by atoms with Gasteiger partial charge in [0.2, 0.25) is 5.91 Å². The average molecular weight is 392 g/mol. The van der Waals surface area contributed by atoms with Crippen molar-refractivity contribution in [1.29, 1.82) is 0 Å². The van der Waals surface area contributed by atoms with Gasteiger partial charge in [-0.3, -0.25) is 4.79 Å². The van der Waals surface area contributed by atoms with E-state index in [2.05, 4.69) is 16.0 Å². The number of anilines is 1. The summed E-state index contributed by atoms with van der Waals surface area (Å²) in [5, 5.41) is 8.77. The molecule has 2 aromatic rings. The smallest absolute Gasteiger partial charge is 0.319 e. The van der Waals surface area contributed by atoms with Crippen molar-refractivity contribution >= 4 is 29.2 Å². The third-order valence-corrected chi connectivity index (χ3v) is 4.69. The first-order valence-corrected chi connectivity index (χ1v) is 8.77. The summed E-state index contributed by atoms with van der Waals surface area (Å²) in [5.41, 5.74) is 0.936. The molecule has 8 heteroatoms. The molecule has 0 saturated carbocycles. The van der Waals surface area contributed by atoms with Crippen LogP contribution >= 0.6 is 11.6 Å². The van der Waals surface area contributed by atoms with Crippen LogP contribution in [-0.4, -0.2) is 31.6 Å². The first kappa shape index (κ1) is 19.0. The Kier molecular flexibility index (Phi) is 5.81. The lowest BCUT2D eigenvalue weighted by atomic mass is 9.85. The number of carbonyl (C=O) groups excluding carboxylic acids is 2. The van der Waals surface area contributed by atoms with Gasteiger partial charge in [0.05, 0.1) is 13.2 Å². The fourth-order valence-electron chi connectivity index (χ4n) is 3.06. The highest BCUT2D eigenvalue weighted by atomic mass is 35.5. The van der Waals surface area contributed by atoms with E-state index < -0.39 is 23.8 Å². The van der Waals surface area contributed by atoms with E-state index in [1.54, 1.807) is 36.4 Å². The van der Waals surface area contributed by atoms with E-state index >= 15 is 0 Å². The number of hydrogen-bond acceptors (Lipinski definition) is 3. The second kappa shape index (κ2) is 8.26. The molecule has 0 spiro atoms. The highest BCUT2D eigenvalue weighted by Gasteiger charge is 2.33. The van der Waals surface area contributed by atoms with E-state index in [4.69, 9.17) is 16.3 Å². The molecular formula is C19H19ClFN3O3. The summed E-state index contributed by atoms with van der Waals surface area (Å²) in [6.45, 7) is 0.211. The monoisotopic (exact) mass is 391 g/mol. The molecule has 1 aliphatic rings. The first-order chi connectivity index (χ1) is 13.0. The van der Waals surface area contributed by atoms with Crippen molar-refractivity contribution in [1.82, 2.24) is 10.6 Å². The zero-order valence-corrected chi connectivity index (χ0v) is 15.3. The summed E-state index contributed by atoms with van der Waals surface area (Å²) in [6.07, 6.45) is 0.0785. The molecule has 27 heavy (non-hydrogen) atoms. The number of rotatable bonds is 4. The molecule has 142 valence electrons. The Hall–Kier alpha value is -2.80. The van der Waals surface area contributed by atoms with Gasteiger partial charge in [-0.05, 0) is 35.9 Å². The van der Waals surface area contributed by atoms with E-state index in [0.717, 1.165) is 0 Å². The van der Waals surface area contributed by atoms with Crippen LogP contribution < -0.4 is 20.7 Å². The molecule has 0 bridgehead atoms. The molecule has 1 heterocycles. The molecule has 2 unspecified atom stereocenters. The van der Waals surface area contributed by atoms with Crippen LogP contribution in [0.5, 0.6) is 5.75 Å². The van der Waals surface area contributed by atoms with E-state index in [-0.39, 0.29) is 18.9 Å². The van der Waals surface area contributed by atoms with E-state index in [0.29, 0.717) is 22.0 Å². The second-order valence-electron chi connectivity index (χ2n) is 6.21. The summed E-state index contributed by atoms with van der Waals surface area (Å²) in [5.74, 6) is -0.757. The highest BCUT2D eigenvalue weighted by Crippen LogP contribution is 2.30. The topological polar surface area (TPSA) is 79.5 Å². The Labute approximate surface area is 161 Å². The molecule has 3 rings (SSSR count). The van der Waals surface area contributed by atoms with Gasteiger partial charge in [-0.15, -0.1) is 0 Å². The van der Waals surface area contributed by atoms with Crippen molar-refractivity contribution in [2.75, 3.05) is 19.0 Å². The van der Waals surface area contributed by atoms with Crippen LogP contribution in [0.3, 0.4) is 0 Å². The van der Waals surface area contributed by atoms with Crippen LogP contribution in [-0.2, 0) is 4.79 Å². The van der Waals surface area contributed by atoms with Crippen LogP contribution in [0.4, 0.5) is 14.9 Å². The van der Waals surface area contributed by atoms with Gasteiger partial charge in [-0.1, -0.05) is 17.7 Å². The zero-order chi connectivity index (χ0) is 19.4. The lowest BCUT2D eigenvalue weighted by molar-refractivity contribution is -0.123. The summed E-state index contributed by atoms with van der Waals surface area (Å²) in [6, 6.07) is 10.2. The van der Waals surface area contributed by atoms with Gasteiger partial charge in [-0.2, -0.15) is 0 Å². The van der Waals surface area contributed by atoms with Gasteiger partial charge in [0, 0.05) is 35.7 Å². The Balaban J connectivity index is 1.74. The number of benzene rings is 2. The zero-order valence-electron chi connectivity index (χ0n) is 14.6. The molecule has 1 fully saturated rings. The summed E-state index contributed by atoms with van der Waals surface area (Å²) in [4.78, 5) is 24.2. The minimum absolute atomic E-state index is 0.0785. The maximum atomic E-state index is 14.5. The van der Waals surface area contributed by atoms with Gasteiger partial charge in [-0.25, -0.2) is 9.18 Å². The number of nitrogens with one attached hydrogen (secondary N) is 3. The fourth-order valence-corrected chi connectivity index (χ4v) is 3.19. The van der Waals surface area contributed by atoms with Gasteiger partial charge >= 0.3 is 6.03 Å². The predicted octanol–water partition coefficient (Wildman–Crippen LogP) is 3.28. The molecule has 3 amide bonds. The van der Waals surface area contributed by atoms with Crippen LogP contribution in [0.15, 0.2) is 42.5 Å². The molecular weight excluding hydrogens is 373 g/mol. The van der Waals surface area contributed by atoms with Crippen LogP contribution in [0, 0.1) is 5.82 Å². The van der Waals surface area contributed by atoms with Gasteiger partial charge in [0.1, 0.15) is 11.6 Å². The molecule has 6 nitrogen and oxygen atoms in total. The van der Waals surface area contributed by atoms with Crippen molar-refractivity contribution in [2.24, 2.45) is 0 Å². The number of hydrogen-bond donors (Lipinski definition) is 3. The molecule has 1 aliphatic heterocycles.